The fraction of sp³-hybridized carbons (Fsp3) is 0.750. The van der Waals surface area contributed by atoms with Gasteiger partial charge >= 0.3 is 0 Å². The molecule has 0 unspecified atom stereocenters. The number of piperazine rings is 1. The maximum atomic E-state index is 4.71. The first-order valence-electron chi connectivity index (χ1n) is 5.92. The maximum Gasteiger partial charge on any atom is 0.113 e. The monoisotopic (exact) mass is 239 g/mol. The molecule has 1 saturated heterocycles. The fourth-order valence-corrected chi connectivity index (χ4v) is 3.14. The van der Waals surface area contributed by atoms with Crippen molar-refractivity contribution in [1.82, 2.24) is 15.2 Å². The van der Waals surface area contributed by atoms with E-state index in [1.165, 1.54) is 15.6 Å². The minimum atomic E-state index is 0.0752. The van der Waals surface area contributed by atoms with Gasteiger partial charge in [-0.25, -0.2) is 4.98 Å². The molecule has 0 atom stereocenters. The Morgan fingerprint density at radius 2 is 1.88 bits per heavy atom. The van der Waals surface area contributed by atoms with Crippen molar-refractivity contribution in [3.63, 3.8) is 0 Å². The molecule has 2 rings (SSSR count). The molecule has 3 nitrogen and oxygen atoms in total. The molecule has 1 fully saturated rings. The van der Waals surface area contributed by atoms with E-state index in [1.807, 2.05) is 11.3 Å². The van der Waals surface area contributed by atoms with Crippen LogP contribution in [-0.4, -0.2) is 36.1 Å². The van der Waals surface area contributed by atoms with E-state index in [2.05, 4.69) is 37.9 Å². The van der Waals surface area contributed by atoms with Gasteiger partial charge in [0, 0.05) is 31.1 Å². The third-order valence-electron chi connectivity index (χ3n) is 3.46. The van der Waals surface area contributed by atoms with E-state index in [1.54, 1.807) is 0 Å². The number of aromatic nitrogens is 1. The quantitative estimate of drug-likeness (QED) is 0.854. The minimum absolute atomic E-state index is 0.0752. The molecule has 1 aromatic heterocycles. The number of hydrogen-bond donors (Lipinski definition) is 1. The Labute approximate surface area is 102 Å². The van der Waals surface area contributed by atoms with Crippen LogP contribution in [0, 0.1) is 13.8 Å². The zero-order chi connectivity index (χ0) is 11.8. The lowest BCUT2D eigenvalue weighted by Crippen LogP contribution is -2.51. The molecule has 1 N–H and O–H groups in total. The average molecular weight is 239 g/mol. The van der Waals surface area contributed by atoms with Crippen molar-refractivity contribution in [3.05, 3.63) is 15.6 Å². The predicted octanol–water partition coefficient (Wildman–Crippen LogP) is 1.90. The molecule has 1 aromatic rings. The van der Waals surface area contributed by atoms with Crippen molar-refractivity contribution >= 4 is 11.3 Å². The molecule has 2 heterocycles. The molecule has 0 bridgehead atoms. The molecule has 0 aromatic carbocycles. The van der Waals surface area contributed by atoms with Crippen molar-refractivity contribution < 1.29 is 0 Å². The second-order valence-electron chi connectivity index (χ2n) is 4.96. The molecule has 1 aliphatic heterocycles. The standard InChI is InChI=1S/C12H21N3S/c1-9-10(2)16-11(14-9)12(3,4)15-7-5-13-6-8-15/h13H,5-8H2,1-4H3. The van der Waals surface area contributed by atoms with Crippen LogP contribution in [0.3, 0.4) is 0 Å². The SMILES string of the molecule is Cc1nc(C(C)(C)N2CCNCC2)sc1C. The Hall–Kier alpha value is -0.450. The summed E-state index contributed by atoms with van der Waals surface area (Å²) >= 11 is 1.84. The van der Waals surface area contributed by atoms with E-state index in [4.69, 9.17) is 4.98 Å². The summed E-state index contributed by atoms with van der Waals surface area (Å²) < 4.78 is 0. The molecule has 0 spiro atoms. The van der Waals surface area contributed by atoms with Gasteiger partial charge in [-0.2, -0.15) is 0 Å². The second kappa shape index (κ2) is 4.43. The van der Waals surface area contributed by atoms with Gasteiger partial charge in [-0.3, -0.25) is 4.90 Å². The molecule has 4 heteroatoms. The topological polar surface area (TPSA) is 28.2 Å². The van der Waals surface area contributed by atoms with Gasteiger partial charge in [0.05, 0.1) is 11.2 Å². The lowest BCUT2D eigenvalue weighted by atomic mass is 10.0. The number of nitrogens with zero attached hydrogens (tertiary/aromatic N) is 2. The molecule has 16 heavy (non-hydrogen) atoms. The summed E-state index contributed by atoms with van der Waals surface area (Å²) in [6.07, 6.45) is 0. The smallest absolute Gasteiger partial charge is 0.113 e. The summed E-state index contributed by atoms with van der Waals surface area (Å²) in [5, 5.41) is 4.65. The van der Waals surface area contributed by atoms with Crippen molar-refractivity contribution in [2.45, 2.75) is 33.2 Å². The number of thiazole rings is 1. The van der Waals surface area contributed by atoms with Crippen LogP contribution < -0.4 is 5.32 Å². The van der Waals surface area contributed by atoms with Gasteiger partial charge < -0.3 is 5.32 Å². The highest BCUT2D eigenvalue weighted by Crippen LogP contribution is 2.32. The van der Waals surface area contributed by atoms with Crippen LogP contribution in [0.1, 0.15) is 29.4 Å². The fourth-order valence-electron chi connectivity index (χ4n) is 2.09. The minimum Gasteiger partial charge on any atom is -0.314 e. The number of aryl methyl sites for hydroxylation is 2. The first-order valence-corrected chi connectivity index (χ1v) is 6.74. The third-order valence-corrected chi connectivity index (χ3v) is 4.85. The van der Waals surface area contributed by atoms with Crippen LogP contribution >= 0.6 is 11.3 Å². The number of hydrogen-bond acceptors (Lipinski definition) is 4. The zero-order valence-corrected chi connectivity index (χ0v) is 11.4. The molecule has 1 aliphatic rings. The first kappa shape index (κ1) is 12.0. The van der Waals surface area contributed by atoms with Crippen LogP contribution in [0.25, 0.3) is 0 Å². The van der Waals surface area contributed by atoms with Gasteiger partial charge in [-0.15, -0.1) is 11.3 Å². The maximum absolute atomic E-state index is 4.71. The lowest BCUT2D eigenvalue weighted by molar-refractivity contribution is 0.102. The molecular formula is C12H21N3S. The summed E-state index contributed by atoms with van der Waals surface area (Å²) in [6, 6.07) is 0. The summed E-state index contributed by atoms with van der Waals surface area (Å²) in [7, 11) is 0. The van der Waals surface area contributed by atoms with Crippen LogP contribution in [0.2, 0.25) is 0 Å². The molecule has 0 aliphatic carbocycles. The van der Waals surface area contributed by atoms with Gasteiger partial charge in [-0.1, -0.05) is 0 Å². The highest BCUT2D eigenvalue weighted by atomic mass is 32.1. The molecule has 0 saturated carbocycles. The Balaban J connectivity index is 2.22. The van der Waals surface area contributed by atoms with Crippen LogP contribution in [-0.2, 0) is 5.54 Å². The average Bonchev–Trinajstić information content (AvgIpc) is 2.61. The van der Waals surface area contributed by atoms with Crippen molar-refractivity contribution in [2.24, 2.45) is 0 Å². The Bertz CT molecular complexity index is 345. The summed E-state index contributed by atoms with van der Waals surface area (Å²) in [4.78, 5) is 8.59. The largest absolute Gasteiger partial charge is 0.314 e. The van der Waals surface area contributed by atoms with Gasteiger partial charge in [0.25, 0.3) is 0 Å². The third kappa shape index (κ3) is 2.14. The van der Waals surface area contributed by atoms with Gasteiger partial charge in [-0.05, 0) is 27.7 Å². The van der Waals surface area contributed by atoms with E-state index in [9.17, 15) is 0 Å². The molecule has 0 radical (unpaired) electrons. The lowest BCUT2D eigenvalue weighted by Gasteiger charge is -2.39. The summed E-state index contributed by atoms with van der Waals surface area (Å²) in [6.45, 7) is 13.2. The van der Waals surface area contributed by atoms with E-state index in [0.29, 0.717) is 0 Å². The highest BCUT2D eigenvalue weighted by Gasteiger charge is 2.32. The Kier molecular flexibility index (Phi) is 3.33. The Morgan fingerprint density at radius 3 is 2.38 bits per heavy atom. The molecule has 90 valence electrons. The van der Waals surface area contributed by atoms with Gasteiger partial charge in [0.15, 0.2) is 0 Å². The van der Waals surface area contributed by atoms with Crippen LogP contribution in [0.5, 0.6) is 0 Å². The van der Waals surface area contributed by atoms with Crippen LogP contribution in [0.4, 0.5) is 0 Å². The van der Waals surface area contributed by atoms with Crippen molar-refractivity contribution in [3.8, 4) is 0 Å². The van der Waals surface area contributed by atoms with Crippen molar-refractivity contribution in [2.75, 3.05) is 26.2 Å². The number of rotatable bonds is 2. The normalized spacial score (nSPS) is 19.0. The van der Waals surface area contributed by atoms with Gasteiger partial charge in [0.1, 0.15) is 5.01 Å². The predicted molar refractivity (Wildman–Crippen MR) is 69.1 cm³/mol. The molecular weight excluding hydrogens is 218 g/mol. The molecule has 0 amide bonds. The first-order chi connectivity index (χ1) is 7.51. The van der Waals surface area contributed by atoms with E-state index in [0.717, 1.165) is 26.2 Å². The van der Waals surface area contributed by atoms with E-state index < -0.39 is 0 Å². The zero-order valence-electron chi connectivity index (χ0n) is 10.6. The van der Waals surface area contributed by atoms with Crippen molar-refractivity contribution in [1.29, 1.82) is 0 Å². The summed E-state index contributed by atoms with van der Waals surface area (Å²) in [5.74, 6) is 0. The highest BCUT2D eigenvalue weighted by molar-refractivity contribution is 7.11. The van der Waals surface area contributed by atoms with Gasteiger partial charge in [0.2, 0.25) is 0 Å². The second-order valence-corrected chi connectivity index (χ2v) is 6.16. The van der Waals surface area contributed by atoms with Crippen LogP contribution in [0.15, 0.2) is 0 Å². The Morgan fingerprint density at radius 1 is 1.25 bits per heavy atom. The van der Waals surface area contributed by atoms with E-state index >= 15 is 0 Å². The van der Waals surface area contributed by atoms with E-state index in [-0.39, 0.29) is 5.54 Å². The number of nitrogens with one attached hydrogen (secondary N) is 1. The summed E-state index contributed by atoms with van der Waals surface area (Å²) in [5.41, 5.74) is 1.26.